The van der Waals surface area contributed by atoms with Gasteiger partial charge in [0.15, 0.2) is 5.82 Å². The highest BCUT2D eigenvalue weighted by molar-refractivity contribution is 6.30. The van der Waals surface area contributed by atoms with E-state index >= 15 is 0 Å². The molecule has 3 rings (SSSR count). The van der Waals surface area contributed by atoms with Crippen LogP contribution in [-0.2, 0) is 11.3 Å². The molecule has 3 heterocycles. The van der Waals surface area contributed by atoms with Crippen molar-refractivity contribution in [3.05, 3.63) is 76.2 Å². The van der Waals surface area contributed by atoms with Gasteiger partial charge < -0.3 is 9.64 Å². The van der Waals surface area contributed by atoms with Crippen molar-refractivity contribution in [1.82, 2.24) is 9.97 Å². The minimum Gasteiger partial charge on any atom is -0.486 e. The third kappa shape index (κ3) is 3.79. The summed E-state index contributed by atoms with van der Waals surface area (Å²) < 4.78 is 32.1. The van der Waals surface area contributed by atoms with E-state index in [4.69, 9.17) is 16.3 Å². The van der Waals surface area contributed by atoms with Crippen LogP contribution in [0.15, 0.2) is 53.3 Å². The summed E-state index contributed by atoms with van der Waals surface area (Å²) in [6.45, 7) is 4.21. The number of nitrogens with zero attached hydrogens (tertiary/aromatic N) is 3. The largest absolute Gasteiger partial charge is 0.486 e. The van der Waals surface area contributed by atoms with Crippen molar-refractivity contribution >= 4 is 17.3 Å². The molecule has 0 atom stereocenters. The van der Waals surface area contributed by atoms with E-state index < -0.39 is 11.6 Å². The fourth-order valence-electron chi connectivity index (χ4n) is 2.55. The first-order valence-corrected chi connectivity index (χ1v) is 8.01. The molecule has 0 radical (unpaired) electrons. The molecule has 130 valence electrons. The van der Waals surface area contributed by atoms with Crippen molar-refractivity contribution in [3.63, 3.8) is 0 Å². The van der Waals surface area contributed by atoms with E-state index in [-0.39, 0.29) is 12.3 Å². The normalized spacial score (nSPS) is 14.6. The first-order valence-electron chi connectivity index (χ1n) is 7.63. The molecule has 0 bridgehead atoms. The molecule has 0 saturated heterocycles. The molecular formula is C18H16ClF2N3O. The highest BCUT2D eigenvalue weighted by atomic mass is 35.5. The molecule has 0 fully saturated rings. The summed E-state index contributed by atoms with van der Waals surface area (Å²) in [6, 6.07) is 2.69. The second kappa shape index (κ2) is 7.19. The van der Waals surface area contributed by atoms with Gasteiger partial charge in [0.25, 0.3) is 0 Å². The van der Waals surface area contributed by atoms with Crippen LogP contribution < -0.4 is 4.90 Å². The molecule has 0 aromatic carbocycles. The molecule has 2 aromatic heterocycles. The van der Waals surface area contributed by atoms with E-state index in [0.29, 0.717) is 17.3 Å². The predicted octanol–water partition coefficient (Wildman–Crippen LogP) is 4.45. The summed E-state index contributed by atoms with van der Waals surface area (Å²) in [5, 5.41) is 0.490. The monoisotopic (exact) mass is 363 g/mol. The number of aromatic nitrogens is 2. The minimum atomic E-state index is -0.748. The first-order chi connectivity index (χ1) is 12.0. The number of hydrogen-bond acceptors (Lipinski definition) is 4. The maximum Gasteiger partial charge on any atom is 0.151 e. The average Bonchev–Trinajstić information content (AvgIpc) is 2.57. The van der Waals surface area contributed by atoms with Crippen molar-refractivity contribution in [3.8, 4) is 0 Å². The van der Waals surface area contributed by atoms with Gasteiger partial charge in [0.2, 0.25) is 0 Å². The maximum absolute atomic E-state index is 13.6. The van der Waals surface area contributed by atoms with Gasteiger partial charge >= 0.3 is 0 Å². The van der Waals surface area contributed by atoms with Gasteiger partial charge in [-0.2, -0.15) is 0 Å². The zero-order valence-corrected chi connectivity index (χ0v) is 14.5. The molecule has 25 heavy (non-hydrogen) atoms. The summed E-state index contributed by atoms with van der Waals surface area (Å²) in [7, 11) is 0. The Morgan fingerprint density at radius 1 is 1.28 bits per heavy atom. The van der Waals surface area contributed by atoms with Crippen molar-refractivity contribution < 1.29 is 13.5 Å². The molecule has 0 saturated carbocycles. The van der Waals surface area contributed by atoms with Crippen LogP contribution in [0, 0.1) is 18.6 Å². The van der Waals surface area contributed by atoms with Gasteiger partial charge in [-0.25, -0.2) is 8.78 Å². The minimum absolute atomic E-state index is 0.0248. The van der Waals surface area contributed by atoms with E-state index in [1.165, 1.54) is 0 Å². The van der Waals surface area contributed by atoms with Crippen LogP contribution in [0.4, 0.5) is 14.5 Å². The lowest BCUT2D eigenvalue weighted by Crippen LogP contribution is -2.27. The molecule has 2 aromatic rings. The Balaban J connectivity index is 1.76. The number of allylic oxidation sites excluding steroid dienone is 2. The summed E-state index contributed by atoms with van der Waals surface area (Å²) in [5.74, 6) is -1.02. The molecule has 0 spiro atoms. The second-order valence-corrected chi connectivity index (χ2v) is 6.13. The van der Waals surface area contributed by atoms with Crippen LogP contribution in [-0.4, -0.2) is 16.5 Å². The number of ether oxygens (including phenoxy) is 1. The second-order valence-electron chi connectivity index (χ2n) is 5.67. The van der Waals surface area contributed by atoms with Gasteiger partial charge in [0.1, 0.15) is 23.9 Å². The topological polar surface area (TPSA) is 38.2 Å². The molecule has 0 amide bonds. The maximum atomic E-state index is 13.6. The smallest absolute Gasteiger partial charge is 0.151 e. The Morgan fingerprint density at radius 2 is 2.08 bits per heavy atom. The summed E-state index contributed by atoms with van der Waals surface area (Å²) >= 11 is 6.35. The highest BCUT2D eigenvalue weighted by Crippen LogP contribution is 2.30. The Labute approximate surface area is 149 Å². The van der Waals surface area contributed by atoms with Gasteiger partial charge in [0.05, 0.1) is 17.8 Å². The highest BCUT2D eigenvalue weighted by Gasteiger charge is 2.21. The zero-order valence-electron chi connectivity index (χ0n) is 13.8. The standard InChI is InChI=1S/C18H16ClF2N3O/c1-11-7-22-4-3-17(11)24-9-14(19)18(5-12(24)2)25-10-16-15(21)6-13(20)8-23-16/h3-8H,9-10H2,1-2H3. The van der Waals surface area contributed by atoms with Crippen LogP contribution in [0.25, 0.3) is 0 Å². The van der Waals surface area contributed by atoms with Crippen molar-refractivity contribution in [2.24, 2.45) is 0 Å². The fraction of sp³-hybridized carbons (Fsp3) is 0.222. The summed E-state index contributed by atoms with van der Waals surface area (Å²) in [6.07, 6.45) is 6.25. The summed E-state index contributed by atoms with van der Waals surface area (Å²) in [4.78, 5) is 9.84. The molecule has 0 unspecified atom stereocenters. The number of rotatable bonds is 4. The summed E-state index contributed by atoms with van der Waals surface area (Å²) in [5.41, 5.74) is 2.99. The van der Waals surface area contributed by atoms with E-state index in [1.54, 1.807) is 18.5 Å². The fourth-order valence-corrected chi connectivity index (χ4v) is 2.78. The van der Waals surface area contributed by atoms with Crippen molar-refractivity contribution in [2.45, 2.75) is 20.5 Å². The first kappa shape index (κ1) is 17.4. The van der Waals surface area contributed by atoms with Crippen LogP contribution in [0.2, 0.25) is 0 Å². The van der Waals surface area contributed by atoms with Crippen molar-refractivity contribution in [1.29, 1.82) is 0 Å². The lowest BCUT2D eigenvalue weighted by atomic mass is 10.1. The average molecular weight is 364 g/mol. The molecule has 0 N–H and O–H groups in total. The Kier molecular flexibility index (Phi) is 4.99. The molecule has 0 aliphatic carbocycles. The number of pyridine rings is 2. The molecule has 1 aliphatic rings. The number of aryl methyl sites for hydroxylation is 1. The SMILES string of the molecule is CC1=CC(OCc2ncc(F)cc2F)=C(Cl)CN1c1ccncc1C. The van der Waals surface area contributed by atoms with Crippen molar-refractivity contribution in [2.75, 3.05) is 11.4 Å². The van der Waals surface area contributed by atoms with E-state index in [9.17, 15) is 8.78 Å². The number of halogens is 3. The molecule has 4 nitrogen and oxygen atoms in total. The Bertz CT molecular complexity index is 867. The molecule has 7 heteroatoms. The quantitative estimate of drug-likeness (QED) is 0.804. The lowest BCUT2D eigenvalue weighted by molar-refractivity contribution is 0.200. The third-order valence-electron chi connectivity index (χ3n) is 3.86. The third-order valence-corrected chi connectivity index (χ3v) is 4.17. The van der Waals surface area contributed by atoms with Crippen LogP contribution in [0.3, 0.4) is 0 Å². The molecule has 1 aliphatic heterocycles. The van der Waals surface area contributed by atoms with Crippen LogP contribution in [0.5, 0.6) is 0 Å². The number of hydrogen-bond donors (Lipinski definition) is 0. The van der Waals surface area contributed by atoms with Gasteiger partial charge in [-0.3, -0.25) is 9.97 Å². The molecular weight excluding hydrogens is 348 g/mol. The zero-order chi connectivity index (χ0) is 18.0. The number of anilines is 1. The lowest BCUT2D eigenvalue weighted by Gasteiger charge is -2.30. The van der Waals surface area contributed by atoms with E-state index in [0.717, 1.165) is 29.2 Å². The van der Waals surface area contributed by atoms with E-state index in [1.807, 2.05) is 24.8 Å². The van der Waals surface area contributed by atoms with E-state index in [2.05, 4.69) is 9.97 Å². The van der Waals surface area contributed by atoms with Gasteiger partial charge in [-0.1, -0.05) is 11.6 Å². The predicted molar refractivity (Wildman–Crippen MR) is 91.9 cm³/mol. The Morgan fingerprint density at radius 3 is 2.80 bits per heavy atom. The van der Waals surface area contributed by atoms with Gasteiger partial charge in [0, 0.05) is 35.9 Å². The van der Waals surface area contributed by atoms with Crippen LogP contribution in [0.1, 0.15) is 18.2 Å². The van der Waals surface area contributed by atoms with Crippen LogP contribution >= 0.6 is 11.6 Å². The van der Waals surface area contributed by atoms with Gasteiger partial charge in [-0.05, 0) is 25.5 Å². The Hall–Kier alpha value is -2.47. The van der Waals surface area contributed by atoms with Gasteiger partial charge in [-0.15, -0.1) is 0 Å².